The van der Waals surface area contributed by atoms with Crippen LogP contribution in [0, 0.1) is 13.8 Å². The first-order valence-electron chi connectivity index (χ1n) is 12.6. The maximum atomic E-state index is 13.0. The Balaban J connectivity index is 1.49. The zero-order chi connectivity index (χ0) is 26.2. The summed E-state index contributed by atoms with van der Waals surface area (Å²) in [6.45, 7) is 9.70. The fraction of sp³-hybridized carbons (Fsp3) is 0.370. The van der Waals surface area contributed by atoms with Crippen LogP contribution in [0.3, 0.4) is 0 Å². The monoisotopic (exact) mass is 519 g/mol. The quantitative estimate of drug-likeness (QED) is 0.317. The third-order valence-electron chi connectivity index (χ3n) is 6.95. The topological polar surface area (TPSA) is 113 Å². The number of fused-ring (bicyclic) bond motifs is 1. The molecule has 10 heteroatoms. The van der Waals surface area contributed by atoms with Crippen molar-refractivity contribution in [1.82, 2.24) is 24.9 Å². The van der Waals surface area contributed by atoms with E-state index in [1.165, 1.54) is 11.1 Å². The smallest absolute Gasteiger partial charge is 0.233 e. The molecule has 2 aromatic carbocycles. The van der Waals surface area contributed by atoms with E-state index >= 15 is 0 Å². The number of sulfone groups is 1. The molecule has 0 amide bonds. The van der Waals surface area contributed by atoms with Crippen LogP contribution < -0.4 is 16.0 Å². The second-order valence-electron chi connectivity index (χ2n) is 9.86. The number of anilines is 4. The SMILES string of the molecule is Cc1cc(C2CCNCC2)c(C)cc1Nc1nc(Nc2ccccc2S(=O)(=O)C(C)C)n2nccc2n1. The van der Waals surface area contributed by atoms with Crippen molar-refractivity contribution < 1.29 is 8.42 Å². The number of hydrogen-bond acceptors (Lipinski definition) is 8. The van der Waals surface area contributed by atoms with Crippen molar-refractivity contribution in [3.8, 4) is 0 Å². The van der Waals surface area contributed by atoms with Crippen molar-refractivity contribution >= 4 is 38.8 Å². The number of hydrogen-bond donors (Lipinski definition) is 3. The van der Waals surface area contributed by atoms with Gasteiger partial charge in [0, 0.05) is 11.8 Å². The molecule has 3 N–H and O–H groups in total. The van der Waals surface area contributed by atoms with Crippen molar-refractivity contribution in [2.24, 2.45) is 0 Å². The average molecular weight is 520 g/mol. The van der Waals surface area contributed by atoms with E-state index < -0.39 is 15.1 Å². The summed E-state index contributed by atoms with van der Waals surface area (Å²) in [5.41, 5.74) is 5.74. The molecule has 0 atom stereocenters. The Morgan fingerprint density at radius 1 is 0.973 bits per heavy atom. The highest BCUT2D eigenvalue weighted by molar-refractivity contribution is 7.92. The Kier molecular flexibility index (Phi) is 6.87. The molecule has 4 aromatic rings. The van der Waals surface area contributed by atoms with Crippen LogP contribution in [0.4, 0.5) is 23.3 Å². The number of aromatic nitrogens is 4. The minimum Gasteiger partial charge on any atom is -0.324 e. The molecule has 1 fully saturated rings. The van der Waals surface area contributed by atoms with E-state index in [9.17, 15) is 8.42 Å². The largest absolute Gasteiger partial charge is 0.324 e. The Labute approximate surface area is 217 Å². The number of aryl methyl sites for hydroxylation is 2. The summed E-state index contributed by atoms with van der Waals surface area (Å²) < 4.78 is 27.5. The molecular formula is C27H33N7O2S. The van der Waals surface area contributed by atoms with E-state index in [0.717, 1.165) is 37.2 Å². The maximum Gasteiger partial charge on any atom is 0.233 e. The van der Waals surface area contributed by atoms with Crippen molar-refractivity contribution in [1.29, 1.82) is 0 Å². The van der Waals surface area contributed by atoms with Gasteiger partial charge < -0.3 is 16.0 Å². The van der Waals surface area contributed by atoms with Gasteiger partial charge in [0.15, 0.2) is 15.5 Å². The number of rotatable bonds is 7. The molecule has 3 heterocycles. The van der Waals surface area contributed by atoms with Crippen LogP contribution in [0.2, 0.25) is 0 Å². The summed E-state index contributed by atoms with van der Waals surface area (Å²) in [5, 5.41) is 13.8. The fourth-order valence-electron chi connectivity index (χ4n) is 4.82. The zero-order valence-corrected chi connectivity index (χ0v) is 22.4. The third kappa shape index (κ3) is 5.03. The lowest BCUT2D eigenvalue weighted by Crippen LogP contribution is -2.27. The highest BCUT2D eigenvalue weighted by Crippen LogP contribution is 2.33. The van der Waals surface area contributed by atoms with Crippen molar-refractivity contribution in [3.05, 3.63) is 65.4 Å². The lowest BCUT2D eigenvalue weighted by molar-refractivity contribution is 0.459. The predicted octanol–water partition coefficient (Wildman–Crippen LogP) is 4.88. The maximum absolute atomic E-state index is 13.0. The molecule has 0 saturated carbocycles. The van der Waals surface area contributed by atoms with Crippen LogP contribution in [-0.2, 0) is 9.84 Å². The third-order valence-corrected chi connectivity index (χ3v) is 9.17. The molecule has 5 rings (SSSR count). The zero-order valence-electron chi connectivity index (χ0n) is 21.6. The summed E-state index contributed by atoms with van der Waals surface area (Å²) in [5.74, 6) is 1.34. The number of nitrogens with zero attached hydrogens (tertiary/aromatic N) is 4. The van der Waals surface area contributed by atoms with E-state index in [0.29, 0.717) is 29.1 Å². The summed E-state index contributed by atoms with van der Waals surface area (Å²) in [4.78, 5) is 9.53. The van der Waals surface area contributed by atoms with Gasteiger partial charge >= 0.3 is 0 Å². The molecule has 0 radical (unpaired) electrons. The van der Waals surface area contributed by atoms with Crippen LogP contribution in [0.1, 0.15) is 49.3 Å². The van der Waals surface area contributed by atoms with E-state index in [-0.39, 0.29) is 4.90 Å². The molecule has 194 valence electrons. The van der Waals surface area contributed by atoms with Crippen molar-refractivity contribution in [2.45, 2.75) is 56.6 Å². The highest BCUT2D eigenvalue weighted by atomic mass is 32.2. The van der Waals surface area contributed by atoms with Gasteiger partial charge in [-0.15, -0.1) is 0 Å². The first kappa shape index (κ1) is 25.2. The van der Waals surface area contributed by atoms with E-state index in [1.54, 1.807) is 54.9 Å². The van der Waals surface area contributed by atoms with Crippen LogP contribution in [0.15, 0.2) is 53.6 Å². The van der Waals surface area contributed by atoms with Crippen LogP contribution in [0.5, 0.6) is 0 Å². The van der Waals surface area contributed by atoms with Gasteiger partial charge in [0.2, 0.25) is 11.9 Å². The number of para-hydroxylation sites is 1. The van der Waals surface area contributed by atoms with Crippen LogP contribution in [0.25, 0.3) is 5.65 Å². The minimum absolute atomic E-state index is 0.221. The Morgan fingerprint density at radius 3 is 2.49 bits per heavy atom. The Bertz CT molecular complexity index is 1540. The normalized spacial score (nSPS) is 14.8. The Morgan fingerprint density at radius 2 is 1.73 bits per heavy atom. The van der Waals surface area contributed by atoms with Gasteiger partial charge in [-0.1, -0.05) is 18.2 Å². The van der Waals surface area contributed by atoms with Crippen molar-refractivity contribution in [2.75, 3.05) is 23.7 Å². The molecule has 0 bridgehead atoms. The molecule has 0 unspecified atom stereocenters. The van der Waals surface area contributed by atoms with E-state index in [1.807, 2.05) is 0 Å². The standard InChI is InChI=1S/C27H33N7O2S/c1-17(2)37(35,36)24-8-6-5-7-22(24)31-27-33-26(32-25-11-14-29-34(25)27)30-23-16-18(3)21(15-19(23)4)20-9-12-28-13-10-20/h5-8,11,14-17,20,28H,9-10,12-13H2,1-4H3,(H2,30,31,32,33). The lowest BCUT2D eigenvalue weighted by atomic mass is 9.86. The predicted molar refractivity (Wildman–Crippen MR) is 147 cm³/mol. The molecule has 0 aliphatic carbocycles. The van der Waals surface area contributed by atoms with E-state index in [2.05, 4.69) is 57.0 Å². The van der Waals surface area contributed by atoms with Gasteiger partial charge in [0.1, 0.15) is 0 Å². The summed E-state index contributed by atoms with van der Waals surface area (Å²) >= 11 is 0. The van der Waals surface area contributed by atoms with Gasteiger partial charge in [-0.05, 0) is 94.4 Å². The molecule has 37 heavy (non-hydrogen) atoms. The first-order chi connectivity index (χ1) is 17.7. The summed E-state index contributed by atoms with van der Waals surface area (Å²) in [6.07, 6.45) is 3.94. The molecule has 9 nitrogen and oxygen atoms in total. The number of benzene rings is 2. The van der Waals surface area contributed by atoms with Gasteiger partial charge in [-0.3, -0.25) is 0 Å². The van der Waals surface area contributed by atoms with Gasteiger partial charge in [-0.25, -0.2) is 8.42 Å². The number of nitrogens with one attached hydrogen (secondary N) is 3. The second kappa shape index (κ2) is 10.1. The molecule has 2 aromatic heterocycles. The Hall–Kier alpha value is -3.50. The molecular weight excluding hydrogens is 486 g/mol. The molecule has 1 aliphatic heterocycles. The molecule has 0 spiro atoms. The average Bonchev–Trinajstić information content (AvgIpc) is 3.36. The molecule has 1 saturated heterocycles. The summed E-state index contributed by atoms with van der Waals surface area (Å²) in [6, 6.07) is 13.1. The second-order valence-corrected chi connectivity index (χ2v) is 12.3. The van der Waals surface area contributed by atoms with Gasteiger partial charge in [0.25, 0.3) is 0 Å². The van der Waals surface area contributed by atoms with E-state index in [4.69, 9.17) is 0 Å². The van der Waals surface area contributed by atoms with Crippen LogP contribution >= 0.6 is 0 Å². The van der Waals surface area contributed by atoms with Gasteiger partial charge in [0.05, 0.1) is 22.0 Å². The molecule has 1 aliphatic rings. The minimum atomic E-state index is -3.51. The van der Waals surface area contributed by atoms with Crippen molar-refractivity contribution in [3.63, 3.8) is 0 Å². The summed E-state index contributed by atoms with van der Waals surface area (Å²) in [7, 11) is -3.51. The number of piperidine rings is 1. The lowest BCUT2D eigenvalue weighted by Gasteiger charge is -2.25. The van der Waals surface area contributed by atoms with Crippen LogP contribution in [-0.4, -0.2) is 46.3 Å². The first-order valence-corrected chi connectivity index (χ1v) is 14.2. The van der Waals surface area contributed by atoms with Gasteiger partial charge in [-0.2, -0.15) is 19.6 Å². The highest BCUT2D eigenvalue weighted by Gasteiger charge is 2.23. The fourth-order valence-corrected chi connectivity index (χ4v) is 6.02.